The van der Waals surface area contributed by atoms with Gasteiger partial charge in [-0.1, -0.05) is 6.07 Å². The van der Waals surface area contributed by atoms with Crippen LogP contribution in [0.25, 0.3) is 0 Å². The second-order valence-electron chi connectivity index (χ2n) is 6.36. The number of halogens is 2. The molecule has 0 amide bonds. The van der Waals surface area contributed by atoms with Crippen molar-refractivity contribution < 1.29 is 9.47 Å². The van der Waals surface area contributed by atoms with E-state index in [1.807, 2.05) is 38.1 Å². The number of rotatable bonds is 6. The molecular formula is C17H28Cl2N2O2. The predicted molar refractivity (Wildman–Crippen MR) is 98.5 cm³/mol. The summed E-state index contributed by atoms with van der Waals surface area (Å²) < 4.78 is 11.6. The van der Waals surface area contributed by atoms with E-state index in [0.29, 0.717) is 6.04 Å². The number of nitrogens with one attached hydrogen (secondary N) is 1. The predicted octanol–water partition coefficient (Wildman–Crippen LogP) is 2.99. The van der Waals surface area contributed by atoms with Crippen LogP contribution in [0, 0.1) is 5.92 Å². The van der Waals surface area contributed by atoms with Gasteiger partial charge in [-0.3, -0.25) is 4.90 Å². The number of benzene rings is 1. The molecule has 1 aromatic rings. The molecule has 0 unspecified atom stereocenters. The first-order valence-corrected chi connectivity index (χ1v) is 8.06. The van der Waals surface area contributed by atoms with E-state index in [4.69, 9.17) is 9.47 Å². The van der Waals surface area contributed by atoms with E-state index in [9.17, 15) is 0 Å². The molecular weight excluding hydrogens is 335 g/mol. The summed E-state index contributed by atoms with van der Waals surface area (Å²) in [5.41, 5.74) is 0. The summed E-state index contributed by atoms with van der Waals surface area (Å²) in [6, 6.07) is 8.64. The number of likely N-dealkylation sites (tertiary alicyclic amines) is 1. The van der Waals surface area contributed by atoms with Crippen molar-refractivity contribution in [3.05, 3.63) is 24.3 Å². The van der Waals surface area contributed by atoms with E-state index in [1.54, 1.807) is 0 Å². The van der Waals surface area contributed by atoms with Crippen LogP contribution in [0.15, 0.2) is 24.3 Å². The Hall–Kier alpha value is -0.680. The first-order valence-electron chi connectivity index (χ1n) is 8.06. The van der Waals surface area contributed by atoms with E-state index in [-0.39, 0.29) is 30.9 Å². The highest BCUT2D eigenvalue weighted by atomic mass is 35.5. The molecule has 0 radical (unpaired) electrons. The Morgan fingerprint density at radius 2 is 2.00 bits per heavy atom. The number of ether oxygens (including phenoxy) is 2. The van der Waals surface area contributed by atoms with Crippen molar-refractivity contribution in [2.24, 2.45) is 5.92 Å². The molecule has 132 valence electrons. The van der Waals surface area contributed by atoms with Crippen LogP contribution in [0.4, 0.5) is 0 Å². The van der Waals surface area contributed by atoms with E-state index in [0.717, 1.165) is 30.6 Å². The molecule has 2 aliphatic rings. The molecule has 0 saturated carbocycles. The lowest BCUT2D eigenvalue weighted by molar-refractivity contribution is 0.224. The van der Waals surface area contributed by atoms with E-state index in [1.165, 1.54) is 26.1 Å². The minimum absolute atomic E-state index is 0. The molecule has 0 spiro atoms. The lowest BCUT2D eigenvalue weighted by atomic mass is 10.1. The summed E-state index contributed by atoms with van der Waals surface area (Å²) in [7, 11) is 0. The Morgan fingerprint density at radius 3 is 2.74 bits per heavy atom. The van der Waals surface area contributed by atoms with Gasteiger partial charge in [0.2, 0.25) is 0 Å². The Balaban J connectivity index is 0.00000132. The van der Waals surface area contributed by atoms with Gasteiger partial charge in [-0.15, -0.1) is 24.8 Å². The average molecular weight is 363 g/mol. The van der Waals surface area contributed by atoms with Crippen LogP contribution in [0.2, 0.25) is 0 Å². The number of hydrogen-bond donors (Lipinski definition) is 1. The van der Waals surface area contributed by atoms with Gasteiger partial charge in [0, 0.05) is 31.7 Å². The number of nitrogens with zero attached hydrogens (tertiary/aromatic N) is 1. The van der Waals surface area contributed by atoms with Crippen molar-refractivity contribution in [3.63, 3.8) is 0 Å². The van der Waals surface area contributed by atoms with Crippen molar-refractivity contribution in [2.75, 3.05) is 32.8 Å². The van der Waals surface area contributed by atoms with Crippen molar-refractivity contribution in [3.8, 4) is 11.5 Å². The third-order valence-corrected chi connectivity index (χ3v) is 4.29. The molecule has 4 nitrogen and oxygen atoms in total. The first-order chi connectivity index (χ1) is 10.2. The largest absolute Gasteiger partial charge is 0.492 e. The molecule has 2 aliphatic heterocycles. The maximum Gasteiger partial charge on any atom is 0.123 e. The van der Waals surface area contributed by atoms with Crippen LogP contribution in [-0.4, -0.2) is 49.8 Å². The second-order valence-corrected chi connectivity index (χ2v) is 6.36. The fourth-order valence-electron chi connectivity index (χ4n) is 3.32. The van der Waals surface area contributed by atoms with Crippen molar-refractivity contribution in [1.82, 2.24) is 10.2 Å². The zero-order chi connectivity index (χ0) is 14.7. The fraction of sp³-hybridized carbons (Fsp3) is 0.647. The zero-order valence-electron chi connectivity index (χ0n) is 13.9. The minimum atomic E-state index is 0. The van der Waals surface area contributed by atoms with E-state index in [2.05, 4.69) is 10.2 Å². The van der Waals surface area contributed by atoms with Gasteiger partial charge in [-0.25, -0.2) is 0 Å². The van der Waals surface area contributed by atoms with Crippen LogP contribution >= 0.6 is 24.8 Å². The first kappa shape index (κ1) is 20.4. The normalized spacial score (nSPS) is 23.1. The van der Waals surface area contributed by atoms with Gasteiger partial charge in [0.05, 0.1) is 6.10 Å². The van der Waals surface area contributed by atoms with Gasteiger partial charge in [-0.2, -0.15) is 0 Å². The maximum absolute atomic E-state index is 5.87. The third kappa shape index (κ3) is 5.71. The van der Waals surface area contributed by atoms with Crippen LogP contribution in [-0.2, 0) is 0 Å². The third-order valence-electron chi connectivity index (χ3n) is 4.29. The summed E-state index contributed by atoms with van der Waals surface area (Å²) in [6.07, 6.45) is 1.52. The molecule has 1 N–H and O–H groups in total. The molecule has 2 fully saturated rings. The van der Waals surface area contributed by atoms with Crippen molar-refractivity contribution in [2.45, 2.75) is 32.4 Å². The highest BCUT2D eigenvalue weighted by Gasteiger charge is 2.35. The van der Waals surface area contributed by atoms with Crippen LogP contribution in [0.3, 0.4) is 0 Å². The topological polar surface area (TPSA) is 33.7 Å². The molecule has 2 saturated heterocycles. The monoisotopic (exact) mass is 362 g/mol. The van der Waals surface area contributed by atoms with Gasteiger partial charge in [0.1, 0.15) is 18.1 Å². The SMILES string of the molecule is CC(C)Oc1cccc(OCCN2C[C@@H]3CCN[C@@H]3C2)c1.Cl.Cl. The lowest BCUT2D eigenvalue weighted by Gasteiger charge is -2.17. The minimum Gasteiger partial charge on any atom is -0.492 e. The second kappa shape index (κ2) is 9.58. The van der Waals surface area contributed by atoms with Gasteiger partial charge >= 0.3 is 0 Å². The Labute approximate surface area is 151 Å². The van der Waals surface area contributed by atoms with E-state index < -0.39 is 0 Å². The van der Waals surface area contributed by atoms with Crippen LogP contribution in [0.5, 0.6) is 11.5 Å². The molecule has 23 heavy (non-hydrogen) atoms. The summed E-state index contributed by atoms with van der Waals surface area (Å²) in [4.78, 5) is 2.51. The standard InChI is InChI=1S/C17H26N2O2.2ClH/c1-13(2)21-16-5-3-4-15(10-16)20-9-8-19-11-14-6-7-18-17(14)12-19;;/h3-5,10,13-14,17-18H,6-9,11-12H2,1-2H3;2*1H/t14-,17+;;/m0../s1. The van der Waals surface area contributed by atoms with Gasteiger partial charge < -0.3 is 14.8 Å². The quantitative estimate of drug-likeness (QED) is 0.843. The van der Waals surface area contributed by atoms with Crippen molar-refractivity contribution in [1.29, 1.82) is 0 Å². The zero-order valence-corrected chi connectivity index (χ0v) is 15.5. The highest BCUT2D eigenvalue weighted by molar-refractivity contribution is 5.85. The number of fused-ring (bicyclic) bond motifs is 1. The Bertz CT molecular complexity index is 462. The van der Waals surface area contributed by atoms with Gasteiger partial charge in [0.15, 0.2) is 0 Å². The maximum atomic E-state index is 5.87. The molecule has 2 atom stereocenters. The highest BCUT2D eigenvalue weighted by Crippen LogP contribution is 2.24. The van der Waals surface area contributed by atoms with Gasteiger partial charge in [0.25, 0.3) is 0 Å². The van der Waals surface area contributed by atoms with Crippen LogP contribution in [0.1, 0.15) is 20.3 Å². The molecule has 1 aromatic carbocycles. The Kier molecular flexibility index (Phi) is 8.48. The summed E-state index contributed by atoms with van der Waals surface area (Å²) in [5, 5.41) is 3.58. The summed E-state index contributed by atoms with van der Waals surface area (Å²) in [6.45, 7) is 9.40. The van der Waals surface area contributed by atoms with Crippen molar-refractivity contribution >= 4 is 24.8 Å². The molecule has 0 aromatic heterocycles. The molecule has 0 bridgehead atoms. The lowest BCUT2D eigenvalue weighted by Crippen LogP contribution is -2.32. The average Bonchev–Trinajstić information content (AvgIpc) is 2.99. The molecule has 3 rings (SSSR count). The van der Waals surface area contributed by atoms with E-state index >= 15 is 0 Å². The smallest absolute Gasteiger partial charge is 0.123 e. The number of hydrogen-bond acceptors (Lipinski definition) is 4. The van der Waals surface area contributed by atoms with Gasteiger partial charge in [-0.05, 0) is 44.9 Å². The van der Waals surface area contributed by atoms with Crippen LogP contribution < -0.4 is 14.8 Å². The molecule has 6 heteroatoms. The summed E-state index contributed by atoms with van der Waals surface area (Å²) >= 11 is 0. The molecule has 2 heterocycles. The summed E-state index contributed by atoms with van der Waals surface area (Å²) in [5.74, 6) is 2.63. The molecule has 0 aliphatic carbocycles. The fourth-order valence-corrected chi connectivity index (χ4v) is 3.32. The Morgan fingerprint density at radius 1 is 1.22 bits per heavy atom.